The van der Waals surface area contributed by atoms with Gasteiger partial charge in [-0.15, -0.1) is 0 Å². The van der Waals surface area contributed by atoms with E-state index >= 15 is 0 Å². The molecule has 0 aliphatic carbocycles. The molecule has 3 heteroatoms. The highest BCUT2D eigenvalue weighted by Crippen LogP contribution is 2.33. The molecule has 1 N–H and O–H groups in total. The summed E-state index contributed by atoms with van der Waals surface area (Å²) in [7, 11) is 0. The summed E-state index contributed by atoms with van der Waals surface area (Å²) >= 11 is 6.27. The Labute approximate surface area is 108 Å². The van der Waals surface area contributed by atoms with E-state index in [1.165, 1.54) is 37.9 Å². The Bertz CT molecular complexity index is 398. The van der Waals surface area contributed by atoms with Crippen molar-refractivity contribution in [1.82, 2.24) is 4.90 Å². The fourth-order valence-electron chi connectivity index (χ4n) is 3.25. The molecule has 2 aliphatic rings. The molecule has 1 aromatic rings. The predicted octanol–water partition coefficient (Wildman–Crippen LogP) is 3.30. The quantitative estimate of drug-likeness (QED) is 0.867. The van der Waals surface area contributed by atoms with Gasteiger partial charge in [-0.25, -0.2) is 0 Å². The summed E-state index contributed by atoms with van der Waals surface area (Å²) in [5.41, 5.74) is 2.38. The lowest BCUT2D eigenvalue weighted by molar-refractivity contribution is 0.318. The highest BCUT2D eigenvalue weighted by atomic mass is 35.5. The van der Waals surface area contributed by atoms with E-state index in [1.807, 2.05) is 12.1 Å². The van der Waals surface area contributed by atoms with E-state index < -0.39 is 0 Å². The Balaban J connectivity index is 1.79. The molecule has 0 bridgehead atoms. The molecule has 17 heavy (non-hydrogen) atoms. The number of hydrogen-bond donors (Lipinski definition) is 1. The van der Waals surface area contributed by atoms with Crippen molar-refractivity contribution in [3.05, 3.63) is 28.8 Å². The molecule has 0 radical (unpaired) electrons. The van der Waals surface area contributed by atoms with Gasteiger partial charge in [0.25, 0.3) is 0 Å². The molecule has 3 rings (SSSR count). The lowest BCUT2D eigenvalue weighted by Crippen LogP contribution is -2.34. The fraction of sp³-hybridized carbons (Fsp3) is 0.571. The van der Waals surface area contributed by atoms with Crippen LogP contribution in [0.25, 0.3) is 0 Å². The Morgan fingerprint density at radius 1 is 1.29 bits per heavy atom. The van der Waals surface area contributed by atoms with E-state index in [0.29, 0.717) is 6.04 Å². The van der Waals surface area contributed by atoms with Gasteiger partial charge in [-0.2, -0.15) is 0 Å². The van der Waals surface area contributed by atoms with Crippen molar-refractivity contribution in [2.45, 2.75) is 38.3 Å². The van der Waals surface area contributed by atoms with Gasteiger partial charge in [-0.3, -0.25) is 4.90 Å². The maximum atomic E-state index is 6.27. The number of halogens is 1. The summed E-state index contributed by atoms with van der Waals surface area (Å²) in [6.45, 7) is 4.64. The molecule has 2 heterocycles. The van der Waals surface area contributed by atoms with E-state index in [1.54, 1.807) is 0 Å². The molecule has 2 nitrogen and oxygen atoms in total. The lowest BCUT2D eigenvalue weighted by Gasteiger charge is -2.23. The molecule has 92 valence electrons. The van der Waals surface area contributed by atoms with E-state index in [4.69, 9.17) is 11.6 Å². The molecule has 2 fully saturated rings. The molecule has 0 aromatic heterocycles. The van der Waals surface area contributed by atoms with Gasteiger partial charge in [0.05, 0.1) is 10.7 Å². The van der Waals surface area contributed by atoms with Crippen molar-refractivity contribution in [3.63, 3.8) is 0 Å². The van der Waals surface area contributed by atoms with Crippen molar-refractivity contribution in [1.29, 1.82) is 0 Å². The third-order valence-electron chi connectivity index (χ3n) is 4.16. The van der Waals surface area contributed by atoms with Crippen LogP contribution in [0.3, 0.4) is 0 Å². The number of para-hydroxylation sites is 1. The molecule has 2 atom stereocenters. The minimum Gasteiger partial charge on any atom is -0.379 e. The van der Waals surface area contributed by atoms with Gasteiger partial charge in [0, 0.05) is 18.6 Å². The van der Waals surface area contributed by atoms with Crippen molar-refractivity contribution >= 4 is 17.3 Å². The average Bonchev–Trinajstić information content (AvgIpc) is 2.87. The predicted molar refractivity (Wildman–Crippen MR) is 72.8 cm³/mol. The minimum atomic E-state index is 0.580. The van der Waals surface area contributed by atoms with E-state index in [-0.39, 0.29) is 0 Å². The van der Waals surface area contributed by atoms with E-state index in [0.717, 1.165) is 16.8 Å². The molecule has 0 saturated carbocycles. The standard InChI is InChI=1S/C14H19ClN2/c1-10-4-2-5-11(15)14(10)16-12-7-9-17-8-3-6-13(12)17/h2,4-5,12-13,16H,3,6-9H2,1H3. The maximum absolute atomic E-state index is 6.27. The zero-order valence-corrected chi connectivity index (χ0v) is 11.0. The first-order valence-electron chi connectivity index (χ1n) is 6.51. The topological polar surface area (TPSA) is 15.3 Å². The Kier molecular flexibility index (Phi) is 3.01. The van der Waals surface area contributed by atoms with Gasteiger partial charge >= 0.3 is 0 Å². The van der Waals surface area contributed by atoms with Crippen LogP contribution < -0.4 is 5.32 Å². The van der Waals surface area contributed by atoms with Gasteiger partial charge in [0.2, 0.25) is 0 Å². The van der Waals surface area contributed by atoms with Gasteiger partial charge in [-0.05, 0) is 44.4 Å². The lowest BCUT2D eigenvalue weighted by atomic mass is 10.1. The van der Waals surface area contributed by atoms with Gasteiger partial charge in [0.15, 0.2) is 0 Å². The van der Waals surface area contributed by atoms with Gasteiger partial charge in [-0.1, -0.05) is 23.7 Å². The normalized spacial score (nSPS) is 28.4. The summed E-state index contributed by atoms with van der Waals surface area (Å²) in [6.07, 6.45) is 3.93. The van der Waals surface area contributed by atoms with Crippen LogP contribution in [0.2, 0.25) is 5.02 Å². The molecule has 1 aromatic carbocycles. The summed E-state index contributed by atoms with van der Waals surface area (Å²) in [5, 5.41) is 4.52. The number of nitrogens with zero attached hydrogens (tertiary/aromatic N) is 1. The van der Waals surface area contributed by atoms with Crippen LogP contribution in [-0.2, 0) is 0 Å². The van der Waals surface area contributed by atoms with Crippen LogP contribution in [-0.4, -0.2) is 30.1 Å². The Hall–Kier alpha value is -0.730. The summed E-state index contributed by atoms with van der Waals surface area (Å²) in [6, 6.07) is 7.41. The number of rotatable bonds is 2. The number of anilines is 1. The Morgan fingerprint density at radius 3 is 3.00 bits per heavy atom. The fourth-order valence-corrected chi connectivity index (χ4v) is 3.53. The highest BCUT2D eigenvalue weighted by molar-refractivity contribution is 6.33. The van der Waals surface area contributed by atoms with Crippen molar-refractivity contribution < 1.29 is 0 Å². The van der Waals surface area contributed by atoms with Crippen molar-refractivity contribution in [2.75, 3.05) is 18.4 Å². The smallest absolute Gasteiger partial charge is 0.0640 e. The van der Waals surface area contributed by atoms with Crippen LogP contribution in [0.4, 0.5) is 5.69 Å². The number of hydrogen-bond acceptors (Lipinski definition) is 2. The van der Waals surface area contributed by atoms with Gasteiger partial charge < -0.3 is 5.32 Å². The molecule has 0 spiro atoms. The first-order chi connectivity index (χ1) is 8.25. The molecule has 0 amide bonds. The van der Waals surface area contributed by atoms with Gasteiger partial charge in [0.1, 0.15) is 0 Å². The van der Waals surface area contributed by atoms with Crippen LogP contribution in [0.5, 0.6) is 0 Å². The summed E-state index contributed by atoms with van der Waals surface area (Å²) in [5.74, 6) is 0. The molecular formula is C14H19ClN2. The SMILES string of the molecule is Cc1cccc(Cl)c1NC1CCN2CCCC12. The number of benzene rings is 1. The monoisotopic (exact) mass is 250 g/mol. The second-order valence-electron chi connectivity index (χ2n) is 5.22. The third kappa shape index (κ3) is 2.04. The maximum Gasteiger partial charge on any atom is 0.0640 e. The number of fused-ring (bicyclic) bond motifs is 1. The van der Waals surface area contributed by atoms with Crippen LogP contribution in [0.15, 0.2) is 18.2 Å². The highest BCUT2D eigenvalue weighted by Gasteiger charge is 2.37. The molecule has 2 unspecified atom stereocenters. The zero-order chi connectivity index (χ0) is 11.8. The molecule has 2 saturated heterocycles. The van der Waals surface area contributed by atoms with Crippen molar-refractivity contribution in [3.8, 4) is 0 Å². The first-order valence-corrected chi connectivity index (χ1v) is 6.89. The first kappa shape index (κ1) is 11.4. The van der Waals surface area contributed by atoms with Crippen LogP contribution in [0, 0.1) is 6.92 Å². The van der Waals surface area contributed by atoms with Crippen LogP contribution in [0.1, 0.15) is 24.8 Å². The number of nitrogens with one attached hydrogen (secondary N) is 1. The molecular weight excluding hydrogens is 232 g/mol. The van der Waals surface area contributed by atoms with E-state index in [2.05, 4.69) is 23.2 Å². The summed E-state index contributed by atoms with van der Waals surface area (Å²) in [4.78, 5) is 2.61. The number of aryl methyl sites for hydroxylation is 1. The summed E-state index contributed by atoms with van der Waals surface area (Å²) < 4.78 is 0. The average molecular weight is 251 g/mol. The zero-order valence-electron chi connectivity index (χ0n) is 10.2. The largest absolute Gasteiger partial charge is 0.379 e. The van der Waals surface area contributed by atoms with Crippen molar-refractivity contribution in [2.24, 2.45) is 0 Å². The van der Waals surface area contributed by atoms with E-state index in [9.17, 15) is 0 Å². The minimum absolute atomic E-state index is 0.580. The van der Waals surface area contributed by atoms with Crippen LogP contribution >= 0.6 is 11.6 Å². The second kappa shape index (κ2) is 4.51. The Morgan fingerprint density at radius 2 is 2.18 bits per heavy atom. The third-order valence-corrected chi connectivity index (χ3v) is 4.47. The second-order valence-corrected chi connectivity index (χ2v) is 5.62. The molecule has 2 aliphatic heterocycles.